The predicted molar refractivity (Wildman–Crippen MR) is 295 cm³/mol. The topological polar surface area (TPSA) is 41.1 Å². The van der Waals surface area contributed by atoms with Crippen molar-refractivity contribution in [3.63, 3.8) is 0 Å². The van der Waals surface area contributed by atoms with E-state index >= 15 is 0 Å². The maximum atomic E-state index is 6.95. The van der Waals surface area contributed by atoms with E-state index in [2.05, 4.69) is 238 Å². The monoisotopic (exact) mass is 905 g/mol. The summed E-state index contributed by atoms with van der Waals surface area (Å²) in [5, 5.41) is 11.6. The molecule has 0 saturated carbocycles. The molecule has 16 aromatic rings. The molecule has 0 N–H and O–H groups in total. The van der Waals surface area contributed by atoms with E-state index in [0.29, 0.717) is 0 Å². The maximum absolute atomic E-state index is 6.95. The second-order valence-corrected chi connectivity index (χ2v) is 18.8. The van der Waals surface area contributed by atoms with Gasteiger partial charge in [-0.2, -0.15) is 0 Å². The Kier molecular flexibility index (Phi) is 7.82. The van der Waals surface area contributed by atoms with Crippen molar-refractivity contribution in [1.29, 1.82) is 0 Å². The number of furan rings is 2. The van der Waals surface area contributed by atoms with Crippen molar-refractivity contribution < 1.29 is 8.83 Å². The van der Waals surface area contributed by atoms with E-state index in [1.165, 1.54) is 49.2 Å². The van der Waals surface area contributed by atoms with E-state index in [-0.39, 0.29) is 0 Å². The highest BCUT2D eigenvalue weighted by Crippen LogP contribution is 2.44. The molecule has 0 unspecified atom stereocenters. The molecule has 0 bridgehead atoms. The van der Waals surface area contributed by atoms with Gasteiger partial charge in [-0.1, -0.05) is 121 Å². The van der Waals surface area contributed by atoms with Gasteiger partial charge < -0.3 is 22.5 Å². The van der Waals surface area contributed by atoms with E-state index in [1.807, 2.05) is 12.1 Å². The van der Waals surface area contributed by atoms with E-state index < -0.39 is 0 Å². The summed E-state index contributed by atoms with van der Waals surface area (Å²) in [5.74, 6) is 0. The van der Waals surface area contributed by atoms with Crippen LogP contribution in [0.3, 0.4) is 0 Å². The van der Waals surface area contributed by atoms with E-state index in [4.69, 9.17) is 8.83 Å². The van der Waals surface area contributed by atoms with Crippen LogP contribution < -0.4 is 0 Å². The average Bonchev–Trinajstić information content (AvgIpc) is 4.24. The first kappa shape index (κ1) is 38.4. The minimum atomic E-state index is 0.865. The molecule has 5 heteroatoms. The number of fused-ring (bicyclic) bond motifs is 16. The summed E-state index contributed by atoms with van der Waals surface area (Å²) in [6.07, 6.45) is 0. The van der Waals surface area contributed by atoms with Gasteiger partial charge in [0.05, 0.1) is 38.5 Å². The van der Waals surface area contributed by atoms with Crippen molar-refractivity contribution >= 4 is 109 Å². The number of nitrogens with zero attached hydrogens (tertiary/aromatic N) is 3. The number of benzene rings is 11. The van der Waals surface area contributed by atoms with Crippen LogP contribution in [0.5, 0.6) is 0 Å². The number of para-hydroxylation sites is 5. The largest absolute Gasteiger partial charge is 0.456 e. The fraction of sp³-hybridized carbons (Fsp3) is 0. The van der Waals surface area contributed by atoms with Crippen LogP contribution in [0, 0.1) is 0 Å². The molecule has 0 spiro atoms. The van der Waals surface area contributed by atoms with Crippen LogP contribution >= 0.6 is 0 Å². The van der Waals surface area contributed by atoms with Crippen molar-refractivity contribution in [3.05, 3.63) is 237 Å². The molecule has 71 heavy (non-hydrogen) atoms. The summed E-state index contributed by atoms with van der Waals surface area (Å²) < 4.78 is 20.3. The van der Waals surface area contributed by atoms with Gasteiger partial charge in [-0.05, 0) is 138 Å². The summed E-state index contributed by atoms with van der Waals surface area (Å²) in [5.41, 5.74) is 18.6. The third kappa shape index (κ3) is 5.51. The molecule has 0 fully saturated rings. The van der Waals surface area contributed by atoms with Gasteiger partial charge in [0, 0.05) is 65.5 Å². The molecule has 330 valence electrons. The third-order valence-electron chi connectivity index (χ3n) is 15.0. The molecule has 0 radical (unpaired) electrons. The number of hydrogen-bond donors (Lipinski definition) is 0. The van der Waals surface area contributed by atoms with Crippen molar-refractivity contribution in [2.24, 2.45) is 0 Å². The molecule has 5 heterocycles. The maximum Gasteiger partial charge on any atom is 0.145 e. The van der Waals surface area contributed by atoms with Gasteiger partial charge in [-0.25, -0.2) is 0 Å². The van der Waals surface area contributed by atoms with Crippen LogP contribution in [0.25, 0.3) is 149 Å². The lowest BCUT2D eigenvalue weighted by molar-refractivity contribution is 0.669. The highest BCUT2D eigenvalue weighted by molar-refractivity contribution is 6.24. The van der Waals surface area contributed by atoms with Gasteiger partial charge in [0.25, 0.3) is 0 Å². The van der Waals surface area contributed by atoms with E-state index in [1.54, 1.807) is 0 Å². The molecular formula is C66H39N3O2. The van der Waals surface area contributed by atoms with Crippen molar-refractivity contribution in [2.75, 3.05) is 0 Å². The van der Waals surface area contributed by atoms with E-state index in [0.717, 1.165) is 99.4 Å². The normalized spacial score (nSPS) is 12.2. The van der Waals surface area contributed by atoms with Crippen molar-refractivity contribution in [1.82, 2.24) is 13.7 Å². The van der Waals surface area contributed by atoms with Crippen LogP contribution in [-0.4, -0.2) is 13.7 Å². The lowest BCUT2D eigenvalue weighted by Gasteiger charge is -2.10. The van der Waals surface area contributed by atoms with Crippen LogP contribution in [0.1, 0.15) is 0 Å². The molecule has 0 atom stereocenters. The Morgan fingerprint density at radius 1 is 0.225 bits per heavy atom. The lowest BCUT2D eigenvalue weighted by Crippen LogP contribution is -1.94. The Bertz CT molecular complexity index is 4880. The van der Waals surface area contributed by atoms with Gasteiger partial charge in [0.2, 0.25) is 0 Å². The second-order valence-electron chi connectivity index (χ2n) is 18.8. The quantitative estimate of drug-likeness (QED) is 0.173. The summed E-state index contributed by atoms with van der Waals surface area (Å²) >= 11 is 0. The number of hydrogen-bond acceptors (Lipinski definition) is 2. The fourth-order valence-electron chi connectivity index (χ4n) is 11.9. The Morgan fingerprint density at radius 3 is 1.42 bits per heavy atom. The molecule has 16 rings (SSSR count). The Labute approximate surface area is 405 Å². The predicted octanol–water partition coefficient (Wildman–Crippen LogP) is 18.1. The average molecular weight is 906 g/mol. The van der Waals surface area contributed by atoms with Crippen molar-refractivity contribution in [2.45, 2.75) is 0 Å². The lowest BCUT2D eigenvalue weighted by atomic mass is 10.0. The number of rotatable bonds is 5. The Morgan fingerprint density at radius 2 is 0.690 bits per heavy atom. The van der Waals surface area contributed by atoms with Gasteiger partial charge in [0.1, 0.15) is 22.3 Å². The SMILES string of the molecule is c1ccc(-n2c3ccccc3c3cc(-c4ccc5c(c4)c4ccccc4n5-c4ccc5oc6c(ccc7c6c6ccccc6n7-c6cccc(-c7ccc8oc9ccccc9c8c7)c6)c5c4)ccc32)cc1. The Balaban J connectivity index is 0.823. The van der Waals surface area contributed by atoms with Gasteiger partial charge in [-0.15, -0.1) is 0 Å². The molecule has 0 aliphatic carbocycles. The standard InChI is InChI=1S/C66H39N3O2/c1-2-14-44(15-3-1)67-56-21-8-4-17-47(56)52-36-41(25-30-59(52)67)42-26-31-60-53(37-42)48-18-5-9-22-57(48)68(60)46-28-34-64-55(39-46)50-29-32-61-65(66(50)71-64)51-20-6-10-23-58(51)69(61)45-16-12-13-40(35-45)43-27-33-63-54(38-43)49-19-7-11-24-62(49)70-63/h1-39H. The molecular weight excluding hydrogens is 867 g/mol. The summed E-state index contributed by atoms with van der Waals surface area (Å²) in [6.45, 7) is 0. The smallest absolute Gasteiger partial charge is 0.145 e. The highest BCUT2D eigenvalue weighted by atomic mass is 16.3. The minimum absolute atomic E-state index is 0.865. The molecule has 0 amide bonds. The van der Waals surface area contributed by atoms with Crippen LogP contribution in [0.4, 0.5) is 0 Å². The van der Waals surface area contributed by atoms with Crippen LogP contribution in [-0.2, 0) is 0 Å². The molecule has 0 aliphatic heterocycles. The van der Waals surface area contributed by atoms with Crippen LogP contribution in [0.2, 0.25) is 0 Å². The first-order valence-electron chi connectivity index (χ1n) is 24.2. The highest BCUT2D eigenvalue weighted by Gasteiger charge is 2.21. The molecule has 5 nitrogen and oxygen atoms in total. The molecule has 5 aromatic heterocycles. The van der Waals surface area contributed by atoms with Gasteiger partial charge >= 0.3 is 0 Å². The summed E-state index contributed by atoms with van der Waals surface area (Å²) in [7, 11) is 0. The zero-order chi connectivity index (χ0) is 46.3. The number of aromatic nitrogens is 3. The van der Waals surface area contributed by atoms with Gasteiger partial charge in [-0.3, -0.25) is 0 Å². The summed E-state index contributed by atoms with van der Waals surface area (Å²) in [6, 6.07) is 85.5. The van der Waals surface area contributed by atoms with E-state index in [9.17, 15) is 0 Å². The summed E-state index contributed by atoms with van der Waals surface area (Å²) in [4.78, 5) is 0. The third-order valence-corrected chi connectivity index (χ3v) is 15.0. The zero-order valence-electron chi connectivity index (χ0n) is 38.2. The molecule has 0 saturated heterocycles. The Hall–Kier alpha value is -9.58. The molecule has 0 aliphatic rings. The molecule has 11 aromatic carbocycles. The second kappa shape index (κ2) is 14.5. The minimum Gasteiger partial charge on any atom is -0.456 e. The zero-order valence-corrected chi connectivity index (χ0v) is 38.2. The van der Waals surface area contributed by atoms with Crippen molar-refractivity contribution in [3.8, 4) is 39.3 Å². The first-order chi connectivity index (χ1) is 35.2. The fourth-order valence-corrected chi connectivity index (χ4v) is 11.9. The van der Waals surface area contributed by atoms with Crippen LogP contribution in [0.15, 0.2) is 245 Å². The van der Waals surface area contributed by atoms with Gasteiger partial charge in [0.15, 0.2) is 0 Å². The first-order valence-corrected chi connectivity index (χ1v) is 24.2.